The van der Waals surface area contributed by atoms with E-state index in [2.05, 4.69) is 0 Å². The Hall–Kier alpha value is 0.600. The fourth-order valence-corrected chi connectivity index (χ4v) is 2.32. The minimum Gasteiger partial charge on any atom is -0.422 e. The van der Waals surface area contributed by atoms with Crippen molar-refractivity contribution in [3.05, 3.63) is 23.3 Å². The summed E-state index contributed by atoms with van der Waals surface area (Å²) in [6.45, 7) is 0. The third-order valence-corrected chi connectivity index (χ3v) is 3.18. The van der Waals surface area contributed by atoms with Crippen LogP contribution in [0.5, 0.6) is 0 Å². The van der Waals surface area contributed by atoms with E-state index in [1.165, 1.54) is 0 Å². The van der Waals surface area contributed by atoms with E-state index >= 15 is 0 Å². The third-order valence-electron chi connectivity index (χ3n) is 0.936. The summed E-state index contributed by atoms with van der Waals surface area (Å²) in [5, 5.41) is 3.39. The molecule has 1 unspecified atom stereocenters. The molecule has 1 aliphatic rings. The number of hydrogen-bond acceptors (Lipinski definition) is 2. The first-order valence-electron chi connectivity index (χ1n) is 2.78. The molecule has 0 saturated carbocycles. The van der Waals surface area contributed by atoms with Crippen molar-refractivity contribution < 1.29 is 9.09 Å². The first-order chi connectivity index (χ1) is 5.47. The highest BCUT2D eigenvalue weighted by Crippen LogP contribution is 2.59. The van der Waals surface area contributed by atoms with Crippen molar-refractivity contribution in [3.8, 4) is 0 Å². The van der Waals surface area contributed by atoms with Crippen molar-refractivity contribution in [2.24, 2.45) is 0 Å². The molecule has 0 aromatic rings. The molecule has 7 heteroatoms. The van der Waals surface area contributed by atoms with Gasteiger partial charge in [-0.05, 0) is 33.6 Å². The predicted molar refractivity (Wildman–Crippen MR) is 57.1 cm³/mol. The summed E-state index contributed by atoms with van der Waals surface area (Å²) in [6.07, 6.45) is -0.335. The van der Waals surface area contributed by atoms with Crippen LogP contribution in [0.3, 0.4) is 0 Å². The maximum atomic E-state index is 10.8. The molecule has 0 spiro atoms. The van der Waals surface area contributed by atoms with Gasteiger partial charge in [0.15, 0.2) is 0 Å². The van der Waals surface area contributed by atoms with Crippen LogP contribution in [0.4, 0.5) is 0 Å². The van der Waals surface area contributed by atoms with Gasteiger partial charge in [-0.3, -0.25) is 0 Å². The number of hydrogen-bond donors (Lipinski definition) is 0. The van der Waals surface area contributed by atoms with Crippen LogP contribution < -0.4 is 0 Å². The Balaban J connectivity index is 2.70. The maximum absolute atomic E-state index is 10.8. The Morgan fingerprint density at radius 1 is 1.50 bits per heavy atom. The van der Waals surface area contributed by atoms with E-state index in [1.54, 1.807) is 22.9 Å². The monoisotopic (exact) mass is 264 g/mol. The molecule has 0 aromatic carbocycles. The lowest BCUT2D eigenvalue weighted by molar-refractivity contribution is 0.446. The van der Waals surface area contributed by atoms with Crippen molar-refractivity contribution in [2.45, 2.75) is 0 Å². The normalized spacial score (nSPS) is 22.9. The maximum Gasteiger partial charge on any atom is 0.428 e. The molecule has 68 valence electrons. The topological polar surface area (TPSA) is 26.3 Å². The molecule has 0 bridgehead atoms. The van der Waals surface area contributed by atoms with Crippen LogP contribution >= 0.6 is 48.9 Å². The molecule has 0 saturated heterocycles. The van der Waals surface area contributed by atoms with Gasteiger partial charge in [0, 0.05) is 22.5 Å². The first kappa shape index (κ1) is 10.7. The predicted octanol–water partition coefficient (Wildman–Crippen LogP) is 4.22. The first-order valence-corrected chi connectivity index (χ1v) is 8.39. The third kappa shape index (κ3) is 4.01. The molecule has 1 atom stereocenters. The molecule has 0 N–H and O–H groups in total. The van der Waals surface area contributed by atoms with Crippen LogP contribution in [0.15, 0.2) is 23.3 Å². The Bertz CT molecular complexity index is 317. The molecule has 1 aliphatic heterocycles. The van der Waals surface area contributed by atoms with E-state index < -0.39 is 15.8 Å². The van der Waals surface area contributed by atoms with Gasteiger partial charge in [-0.15, -0.1) is 0 Å². The fourth-order valence-electron chi connectivity index (χ4n) is 0.549. The van der Waals surface area contributed by atoms with Crippen LogP contribution in [-0.2, 0) is 9.09 Å². The summed E-state index contributed by atoms with van der Waals surface area (Å²) in [7, 11) is 5.30. The molecule has 1 heterocycles. The largest absolute Gasteiger partial charge is 0.428 e. The van der Waals surface area contributed by atoms with E-state index in [9.17, 15) is 4.57 Å². The highest BCUT2D eigenvalue weighted by atomic mass is 35.9. The van der Waals surface area contributed by atoms with Gasteiger partial charge in [0.25, 0.3) is 0 Å². The number of halogens is 3. The summed E-state index contributed by atoms with van der Waals surface area (Å²) in [6, 6.07) is 0. The number of allylic oxidation sites excluding steroid dienone is 2. The van der Waals surface area contributed by atoms with Gasteiger partial charge in [0.05, 0.1) is 0 Å². The molecule has 0 aromatic heterocycles. The highest BCUT2D eigenvalue weighted by Gasteiger charge is 2.16. The zero-order chi connectivity index (χ0) is 9.19. The van der Waals surface area contributed by atoms with E-state index in [-0.39, 0.29) is 0 Å². The van der Waals surface area contributed by atoms with E-state index in [0.29, 0.717) is 5.76 Å². The molecular formula is C5H4Cl3O2PS. The van der Waals surface area contributed by atoms with Crippen LogP contribution in [-0.4, -0.2) is 5.37 Å². The lowest BCUT2D eigenvalue weighted by Gasteiger charge is -2.07. The summed E-state index contributed by atoms with van der Waals surface area (Å²) in [5.74, 6) is 0.354. The van der Waals surface area contributed by atoms with Gasteiger partial charge >= 0.3 is 6.07 Å². The Labute approximate surface area is 86.6 Å². The zero-order valence-electron chi connectivity index (χ0n) is 5.62. The van der Waals surface area contributed by atoms with Crippen molar-refractivity contribution in [1.29, 1.82) is 0 Å². The molecular weight excluding hydrogens is 261 g/mol. The molecule has 0 fully saturated rings. The molecule has 1 rings (SSSR count). The molecule has 0 aliphatic carbocycles. The summed E-state index contributed by atoms with van der Waals surface area (Å²) in [5.41, 5.74) is 0. The van der Waals surface area contributed by atoms with Crippen molar-refractivity contribution in [2.75, 3.05) is 0 Å². The average Bonchev–Trinajstić information content (AvgIpc) is 1.91. The van der Waals surface area contributed by atoms with Crippen LogP contribution in [0.2, 0.25) is 0 Å². The smallest absolute Gasteiger partial charge is 0.422 e. The van der Waals surface area contributed by atoms with Gasteiger partial charge in [0.2, 0.25) is 0 Å². The summed E-state index contributed by atoms with van der Waals surface area (Å²) in [4.78, 5) is 0. The average molecular weight is 265 g/mol. The van der Waals surface area contributed by atoms with Gasteiger partial charge in [-0.2, -0.15) is 0 Å². The second-order valence-electron chi connectivity index (χ2n) is 1.83. The molecule has 2 nitrogen and oxygen atoms in total. The SMILES string of the molecule is O=P(Cl)(Cl)OC1=CC=S(Cl)C=C1. The lowest BCUT2D eigenvalue weighted by Crippen LogP contribution is -1.84. The van der Waals surface area contributed by atoms with E-state index in [0.717, 1.165) is 0 Å². The highest BCUT2D eigenvalue weighted by molar-refractivity contribution is 8.36. The van der Waals surface area contributed by atoms with Gasteiger partial charge in [0.1, 0.15) is 5.76 Å². The van der Waals surface area contributed by atoms with Crippen LogP contribution in [0.1, 0.15) is 0 Å². The van der Waals surface area contributed by atoms with Gasteiger partial charge in [-0.25, -0.2) is 4.57 Å². The van der Waals surface area contributed by atoms with Crippen molar-refractivity contribution >= 4 is 54.3 Å². The van der Waals surface area contributed by atoms with Crippen molar-refractivity contribution in [1.82, 2.24) is 0 Å². The Morgan fingerprint density at radius 2 is 2.17 bits per heavy atom. The second-order valence-corrected chi connectivity index (χ2v) is 8.27. The van der Waals surface area contributed by atoms with Gasteiger partial charge in [-0.1, -0.05) is 9.70 Å². The molecule has 0 amide bonds. The zero-order valence-corrected chi connectivity index (χ0v) is 9.59. The molecule has 0 radical (unpaired) electrons. The lowest BCUT2D eigenvalue weighted by atomic mass is 10.5. The summed E-state index contributed by atoms with van der Waals surface area (Å²) >= 11 is 10.4. The van der Waals surface area contributed by atoms with Crippen LogP contribution in [0, 0.1) is 0 Å². The van der Waals surface area contributed by atoms with Gasteiger partial charge < -0.3 is 4.52 Å². The van der Waals surface area contributed by atoms with Crippen molar-refractivity contribution in [3.63, 3.8) is 0 Å². The quantitative estimate of drug-likeness (QED) is 0.552. The van der Waals surface area contributed by atoms with Crippen LogP contribution in [0.25, 0.3) is 0 Å². The fraction of sp³-hybridized carbons (Fsp3) is 0. The Morgan fingerprint density at radius 3 is 2.58 bits per heavy atom. The minimum absolute atomic E-state index is 0.354. The van der Waals surface area contributed by atoms with E-state index in [4.69, 9.17) is 37.7 Å². The minimum atomic E-state index is -3.49. The summed E-state index contributed by atoms with van der Waals surface area (Å²) < 4.78 is 15.5. The Kier molecular flexibility index (Phi) is 3.74. The van der Waals surface area contributed by atoms with E-state index in [1.807, 2.05) is 0 Å². The second kappa shape index (κ2) is 4.21. The molecule has 12 heavy (non-hydrogen) atoms. The standard InChI is InChI=1S/C5H4Cl3O2PS/c6-11(7,9)10-5-1-3-12(8)4-2-5/h1-4H. The number of rotatable bonds is 2.